The summed E-state index contributed by atoms with van der Waals surface area (Å²) >= 11 is 11.9. The van der Waals surface area contributed by atoms with Crippen molar-refractivity contribution in [3.05, 3.63) is 45.7 Å². The highest BCUT2D eigenvalue weighted by atomic mass is 35.5. The number of carbonyl (C=O) groups excluding carboxylic acids is 1. The predicted octanol–water partition coefficient (Wildman–Crippen LogP) is 3.18. The predicted molar refractivity (Wildman–Crippen MR) is 90.0 cm³/mol. The standard InChI is InChI=1S/C16H15Cl2N3O3/c1-9-6-14(16(24)20(8-15(22)23)10-2-3-10)19-21(9)11-4-5-12(17)13(18)7-11/h4-7,10H,2-3,8H2,1H3,(H,22,23). The highest BCUT2D eigenvalue weighted by molar-refractivity contribution is 6.42. The number of carboxylic acid groups (broad SMARTS) is 1. The van der Waals surface area contributed by atoms with Crippen LogP contribution in [0, 0.1) is 6.92 Å². The average Bonchev–Trinajstić information content (AvgIpc) is 3.29. The molecule has 0 bridgehead atoms. The zero-order valence-corrected chi connectivity index (χ0v) is 14.4. The molecule has 24 heavy (non-hydrogen) atoms. The van der Waals surface area contributed by atoms with Gasteiger partial charge in [-0.1, -0.05) is 23.2 Å². The third-order valence-electron chi connectivity index (χ3n) is 3.81. The Morgan fingerprint density at radius 2 is 2.00 bits per heavy atom. The first kappa shape index (κ1) is 16.8. The van der Waals surface area contributed by atoms with E-state index >= 15 is 0 Å². The molecular weight excluding hydrogens is 353 g/mol. The second kappa shape index (κ2) is 6.45. The fourth-order valence-electron chi connectivity index (χ4n) is 2.50. The van der Waals surface area contributed by atoms with Gasteiger partial charge in [-0.2, -0.15) is 5.10 Å². The van der Waals surface area contributed by atoms with Gasteiger partial charge < -0.3 is 10.0 Å². The van der Waals surface area contributed by atoms with Crippen molar-refractivity contribution in [3.8, 4) is 5.69 Å². The molecule has 1 aromatic heterocycles. The molecule has 8 heteroatoms. The number of halogens is 2. The maximum Gasteiger partial charge on any atom is 0.323 e. The minimum atomic E-state index is -1.03. The molecule has 126 valence electrons. The highest BCUT2D eigenvalue weighted by Gasteiger charge is 2.35. The van der Waals surface area contributed by atoms with E-state index in [0.717, 1.165) is 18.5 Å². The Hall–Kier alpha value is -2.05. The summed E-state index contributed by atoms with van der Waals surface area (Å²) in [4.78, 5) is 25.0. The van der Waals surface area contributed by atoms with E-state index in [1.54, 1.807) is 28.9 Å². The van der Waals surface area contributed by atoms with Crippen molar-refractivity contribution in [3.63, 3.8) is 0 Å². The molecule has 1 saturated carbocycles. The number of amides is 1. The third-order valence-corrected chi connectivity index (χ3v) is 4.55. The number of aryl methyl sites for hydroxylation is 1. The van der Waals surface area contributed by atoms with Gasteiger partial charge >= 0.3 is 5.97 Å². The lowest BCUT2D eigenvalue weighted by Crippen LogP contribution is -2.37. The molecule has 0 radical (unpaired) electrons. The average molecular weight is 368 g/mol. The van der Waals surface area contributed by atoms with Crippen LogP contribution in [0.4, 0.5) is 0 Å². The van der Waals surface area contributed by atoms with Gasteiger partial charge in [0.1, 0.15) is 6.54 Å². The molecule has 0 unspecified atom stereocenters. The summed E-state index contributed by atoms with van der Waals surface area (Å²) in [5.41, 5.74) is 1.63. The van der Waals surface area contributed by atoms with Crippen LogP contribution in [-0.2, 0) is 4.79 Å². The normalized spacial score (nSPS) is 13.8. The Morgan fingerprint density at radius 3 is 2.58 bits per heavy atom. The number of rotatable bonds is 5. The first-order valence-corrected chi connectivity index (χ1v) is 8.17. The molecule has 2 aromatic rings. The Morgan fingerprint density at radius 1 is 1.29 bits per heavy atom. The van der Waals surface area contributed by atoms with Gasteiger partial charge in [-0.05, 0) is 44.0 Å². The summed E-state index contributed by atoms with van der Waals surface area (Å²) in [6, 6.07) is 6.70. The van der Waals surface area contributed by atoms with E-state index in [-0.39, 0.29) is 24.2 Å². The van der Waals surface area contributed by atoms with Crippen LogP contribution in [0.15, 0.2) is 24.3 Å². The largest absolute Gasteiger partial charge is 0.480 e. The zero-order chi connectivity index (χ0) is 17.4. The van der Waals surface area contributed by atoms with Gasteiger partial charge in [-0.3, -0.25) is 9.59 Å². The van der Waals surface area contributed by atoms with E-state index in [9.17, 15) is 9.59 Å². The zero-order valence-electron chi connectivity index (χ0n) is 12.9. The van der Waals surface area contributed by atoms with Crippen LogP contribution in [0.5, 0.6) is 0 Å². The lowest BCUT2D eigenvalue weighted by Gasteiger charge is -2.18. The Bertz CT molecular complexity index is 815. The first-order valence-electron chi connectivity index (χ1n) is 7.41. The molecule has 1 aliphatic carbocycles. The summed E-state index contributed by atoms with van der Waals surface area (Å²) < 4.78 is 1.58. The summed E-state index contributed by atoms with van der Waals surface area (Å²) in [7, 11) is 0. The molecular formula is C16H15Cl2N3O3. The van der Waals surface area contributed by atoms with Gasteiger partial charge in [0.25, 0.3) is 5.91 Å². The van der Waals surface area contributed by atoms with E-state index in [1.807, 2.05) is 6.92 Å². The maximum absolute atomic E-state index is 12.6. The number of carbonyl (C=O) groups is 2. The molecule has 0 saturated heterocycles. The number of aromatic nitrogens is 2. The molecule has 0 spiro atoms. The van der Waals surface area contributed by atoms with Crippen LogP contribution in [0.25, 0.3) is 5.69 Å². The fraction of sp³-hybridized carbons (Fsp3) is 0.312. The second-order valence-corrected chi connectivity index (χ2v) is 6.55. The number of benzene rings is 1. The summed E-state index contributed by atoms with van der Waals surface area (Å²) in [6.07, 6.45) is 1.65. The maximum atomic E-state index is 12.6. The van der Waals surface area contributed by atoms with Crippen molar-refractivity contribution < 1.29 is 14.7 Å². The van der Waals surface area contributed by atoms with Crippen LogP contribution >= 0.6 is 23.2 Å². The number of aliphatic carboxylic acids is 1. The third kappa shape index (κ3) is 3.39. The first-order chi connectivity index (χ1) is 11.4. The monoisotopic (exact) mass is 367 g/mol. The van der Waals surface area contributed by atoms with Gasteiger partial charge in [0.05, 0.1) is 15.7 Å². The molecule has 1 amide bonds. The van der Waals surface area contributed by atoms with E-state index in [1.165, 1.54) is 4.90 Å². The molecule has 3 rings (SSSR count). The van der Waals surface area contributed by atoms with Crippen LogP contribution in [0.2, 0.25) is 10.0 Å². The summed E-state index contributed by atoms with van der Waals surface area (Å²) in [5.74, 6) is -1.40. The van der Waals surface area contributed by atoms with Crippen LogP contribution in [0.1, 0.15) is 29.0 Å². The van der Waals surface area contributed by atoms with Crippen molar-refractivity contribution >= 4 is 35.1 Å². The van der Waals surface area contributed by atoms with E-state index < -0.39 is 5.97 Å². The summed E-state index contributed by atoms with van der Waals surface area (Å²) in [5, 5.41) is 14.1. The Labute approximate surface area is 148 Å². The van der Waals surface area contributed by atoms with Crippen molar-refractivity contribution in [2.75, 3.05) is 6.54 Å². The molecule has 0 atom stereocenters. The van der Waals surface area contributed by atoms with Crippen molar-refractivity contribution in [1.29, 1.82) is 0 Å². The number of hydrogen-bond acceptors (Lipinski definition) is 3. The van der Waals surface area contributed by atoms with Crippen molar-refractivity contribution in [1.82, 2.24) is 14.7 Å². The van der Waals surface area contributed by atoms with Gasteiger partial charge in [0.2, 0.25) is 0 Å². The van der Waals surface area contributed by atoms with Crippen LogP contribution in [-0.4, -0.2) is 44.3 Å². The molecule has 1 fully saturated rings. The quantitative estimate of drug-likeness (QED) is 0.880. The minimum absolute atomic E-state index is 0.0102. The second-order valence-electron chi connectivity index (χ2n) is 5.74. The SMILES string of the molecule is Cc1cc(C(=O)N(CC(=O)O)C2CC2)nn1-c1ccc(Cl)c(Cl)c1. The molecule has 6 nitrogen and oxygen atoms in total. The van der Waals surface area contributed by atoms with E-state index in [4.69, 9.17) is 28.3 Å². The molecule has 0 aliphatic heterocycles. The number of carboxylic acids is 1. The minimum Gasteiger partial charge on any atom is -0.480 e. The lowest BCUT2D eigenvalue weighted by molar-refractivity contribution is -0.137. The van der Waals surface area contributed by atoms with Crippen molar-refractivity contribution in [2.24, 2.45) is 0 Å². The van der Waals surface area contributed by atoms with Crippen molar-refractivity contribution in [2.45, 2.75) is 25.8 Å². The Kier molecular flexibility index (Phi) is 4.51. The van der Waals surface area contributed by atoms with E-state index in [2.05, 4.69) is 5.10 Å². The van der Waals surface area contributed by atoms with E-state index in [0.29, 0.717) is 15.7 Å². The molecule has 1 heterocycles. The Balaban J connectivity index is 1.91. The molecule has 1 aliphatic rings. The molecule has 1 N–H and O–H groups in total. The highest BCUT2D eigenvalue weighted by Crippen LogP contribution is 2.29. The summed E-state index contributed by atoms with van der Waals surface area (Å²) in [6.45, 7) is 1.49. The van der Waals surface area contributed by atoms with Gasteiger partial charge in [0, 0.05) is 11.7 Å². The number of nitrogens with zero attached hydrogens (tertiary/aromatic N) is 3. The van der Waals surface area contributed by atoms with Gasteiger partial charge in [-0.25, -0.2) is 4.68 Å². The fourth-order valence-corrected chi connectivity index (χ4v) is 2.80. The molecule has 1 aromatic carbocycles. The van der Waals surface area contributed by atoms with Gasteiger partial charge in [0.15, 0.2) is 5.69 Å². The van der Waals surface area contributed by atoms with Gasteiger partial charge in [-0.15, -0.1) is 0 Å². The topological polar surface area (TPSA) is 75.4 Å². The van der Waals surface area contributed by atoms with Crippen LogP contribution in [0.3, 0.4) is 0 Å². The van der Waals surface area contributed by atoms with Crippen LogP contribution < -0.4 is 0 Å². The smallest absolute Gasteiger partial charge is 0.323 e. The lowest BCUT2D eigenvalue weighted by atomic mass is 10.3. The number of hydrogen-bond donors (Lipinski definition) is 1.